The van der Waals surface area contributed by atoms with Gasteiger partial charge in [0.2, 0.25) is 11.6 Å². The third kappa shape index (κ3) is 52.0. The minimum atomic E-state index is -1.42. The van der Waals surface area contributed by atoms with E-state index in [-0.39, 0.29) is 0 Å². The van der Waals surface area contributed by atoms with Gasteiger partial charge in [0.15, 0.2) is 0 Å². The van der Waals surface area contributed by atoms with Gasteiger partial charge in [-0.2, -0.15) is 0 Å². The standard InChI is InChI=1S/C72H138O7/c1-9-17-25-29-33-37-41-45-49-53-61-71(62-54-50-46-42-38-34-30-26-18-10-2,77-69(73-65-57-21-13-5)74-66-58-22-14-6)79-72(63-55-51-47-43-39-35-31-27-19-11-3,64-56-52-48-44-40-36-32-28-20-12-4)78-70(75-67-59-23-15-7)76-68-60-24-16-8/h53-56,61-64,69-70H,9-52,57-60,65-68H2,1-8H3. The van der Waals surface area contributed by atoms with Gasteiger partial charge in [0, 0.05) is 0 Å². The molecule has 0 heterocycles. The van der Waals surface area contributed by atoms with Crippen molar-refractivity contribution in [3.63, 3.8) is 0 Å². The summed E-state index contributed by atoms with van der Waals surface area (Å²) in [7, 11) is 0. The second kappa shape index (κ2) is 62.7. The van der Waals surface area contributed by atoms with E-state index in [1.54, 1.807) is 0 Å². The first-order valence-electron chi connectivity index (χ1n) is 35.2. The summed E-state index contributed by atoms with van der Waals surface area (Å²) < 4.78 is 49.1. The Bertz CT molecular complexity index is 1110. The average molecular weight is 1120 g/mol. The first-order valence-corrected chi connectivity index (χ1v) is 35.2. The molecule has 0 unspecified atom stereocenters. The van der Waals surface area contributed by atoms with Crippen LogP contribution in [0.25, 0.3) is 0 Å². The highest BCUT2D eigenvalue weighted by atomic mass is 16.9. The van der Waals surface area contributed by atoms with Crippen molar-refractivity contribution >= 4 is 0 Å². The number of unbranched alkanes of at least 4 members (excludes halogenated alkanes) is 40. The highest BCUT2D eigenvalue weighted by molar-refractivity contribution is 5.17. The van der Waals surface area contributed by atoms with Gasteiger partial charge < -0.3 is 23.7 Å². The number of rotatable bonds is 66. The quantitative estimate of drug-likeness (QED) is 0.0342. The molecule has 0 fully saturated rings. The summed E-state index contributed by atoms with van der Waals surface area (Å²) in [5.41, 5.74) is 0. The van der Waals surface area contributed by atoms with Crippen LogP contribution in [0.2, 0.25) is 0 Å². The molecule has 468 valence electrons. The van der Waals surface area contributed by atoms with Gasteiger partial charge in [-0.3, -0.25) is 9.47 Å². The molecule has 7 heteroatoms. The number of hydrogen-bond acceptors (Lipinski definition) is 7. The molecule has 0 saturated heterocycles. The Morgan fingerprint density at radius 3 is 0.608 bits per heavy atom. The van der Waals surface area contributed by atoms with Crippen LogP contribution in [0.15, 0.2) is 48.6 Å². The Balaban J connectivity index is 7.91. The van der Waals surface area contributed by atoms with E-state index in [4.69, 9.17) is 33.2 Å². The maximum Gasteiger partial charge on any atom is 0.274 e. The molecular formula is C72H138O7. The summed E-state index contributed by atoms with van der Waals surface area (Å²) >= 11 is 0. The molecule has 0 bridgehead atoms. The lowest BCUT2D eigenvalue weighted by molar-refractivity contribution is -0.412. The largest absolute Gasteiger partial charge is 0.330 e. The summed E-state index contributed by atoms with van der Waals surface area (Å²) in [6, 6.07) is 0. The molecular weight excluding hydrogens is 977 g/mol. The van der Waals surface area contributed by atoms with Gasteiger partial charge >= 0.3 is 0 Å². The van der Waals surface area contributed by atoms with Crippen LogP contribution < -0.4 is 0 Å². The normalized spacial score (nSPS) is 14.0. The van der Waals surface area contributed by atoms with E-state index >= 15 is 0 Å². The zero-order valence-corrected chi connectivity index (χ0v) is 54.4. The van der Waals surface area contributed by atoms with Gasteiger partial charge in [-0.05, 0) is 101 Å². The Morgan fingerprint density at radius 1 is 0.228 bits per heavy atom. The van der Waals surface area contributed by atoms with Crippen molar-refractivity contribution in [1.82, 2.24) is 0 Å². The first-order chi connectivity index (χ1) is 38.9. The van der Waals surface area contributed by atoms with E-state index < -0.39 is 24.5 Å². The lowest BCUT2D eigenvalue weighted by atomic mass is 10.0. The summed E-state index contributed by atoms with van der Waals surface area (Å²) in [5.74, 6) is -2.83. The van der Waals surface area contributed by atoms with Crippen LogP contribution in [-0.2, 0) is 33.2 Å². The summed E-state index contributed by atoms with van der Waals surface area (Å²) in [6.45, 7) is 18.4. The summed E-state index contributed by atoms with van der Waals surface area (Å²) in [5, 5.41) is 0. The van der Waals surface area contributed by atoms with Crippen LogP contribution in [0, 0.1) is 0 Å². The van der Waals surface area contributed by atoms with Crippen LogP contribution in [0.1, 0.15) is 364 Å². The number of hydrogen-bond donors (Lipinski definition) is 0. The molecule has 0 aliphatic carbocycles. The topological polar surface area (TPSA) is 64.6 Å². The molecule has 0 aromatic rings. The van der Waals surface area contributed by atoms with Crippen molar-refractivity contribution < 1.29 is 33.2 Å². The van der Waals surface area contributed by atoms with Crippen LogP contribution in [0.5, 0.6) is 0 Å². The number of ether oxygens (including phenoxy) is 7. The van der Waals surface area contributed by atoms with E-state index in [0.717, 1.165) is 128 Å². The molecule has 0 rings (SSSR count). The highest BCUT2D eigenvalue weighted by Crippen LogP contribution is 2.34. The van der Waals surface area contributed by atoms with Gasteiger partial charge in [-0.1, -0.05) is 311 Å². The van der Waals surface area contributed by atoms with Gasteiger partial charge in [0.25, 0.3) is 13.0 Å². The average Bonchev–Trinajstić information content (AvgIpc) is 3.46. The minimum absolute atomic E-state index is 0.546. The van der Waals surface area contributed by atoms with E-state index in [1.165, 1.54) is 180 Å². The third-order valence-corrected chi connectivity index (χ3v) is 15.2. The van der Waals surface area contributed by atoms with Crippen LogP contribution in [0.4, 0.5) is 0 Å². The van der Waals surface area contributed by atoms with Crippen molar-refractivity contribution in [2.24, 2.45) is 0 Å². The van der Waals surface area contributed by atoms with Crippen LogP contribution in [-0.4, -0.2) is 51.0 Å². The van der Waals surface area contributed by atoms with E-state index in [2.05, 4.69) is 104 Å². The monoisotopic (exact) mass is 1120 g/mol. The Kier molecular flexibility index (Phi) is 61.7. The molecule has 0 spiro atoms. The first kappa shape index (κ1) is 77.7. The maximum atomic E-state index is 7.82. The molecule has 0 aliphatic rings. The van der Waals surface area contributed by atoms with Gasteiger partial charge in [0.05, 0.1) is 26.4 Å². The molecule has 0 aromatic carbocycles. The summed E-state index contributed by atoms with van der Waals surface area (Å²) in [6.07, 6.45) is 75.0. The zero-order valence-electron chi connectivity index (χ0n) is 54.4. The van der Waals surface area contributed by atoms with Crippen molar-refractivity contribution in [2.75, 3.05) is 26.4 Å². The van der Waals surface area contributed by atoms with Crippen LogP contribution >= 0.6 is 0 Å². The maximum absolute atomic E-state index is 7.82. The third-order valence-electron chi connectivity index (χ3n) is 15.2. The molecule has 0 radical (unpaired) electrons. The molecule has 0 amide bonds. The van der Waals surface area contributed by atoms with Gasteiger partial charge in [-0.15, -0.1) is 0 Å². The molecule has 0 aromatic heterocycles. The Morgan fingerprint density at radius 2 is 0.405 bits per heavy atom. The van der Waals surface area contributed by atoms with Gasteiger partial charge in [-0.25, -0.2) is 0 Å². The lowest BCUT2D eigenvalue weighted by Crippen LogP contribution is -2.49. The Labute approximate surface area is 494 Å². The fourth-order valence-electron chi connectivity index (χ4n) is 9.94. The Hall–Kier alpha value is -1.32. The molecule has 7 nitrogen and oxygen atoms in total. The van der Waals surface area contributed by atoms with E-state index in [0.29, 0.717) is 26.4 Å². The second-order valence-corrected chi connectivity index (χ2v) is 23.3. The second-order valence-electron chi connectivity index (χ2n) is 23.3. The fourth-order valence-corrected chi connectivity index (χ4v) is 9.94. The van der Waals surface area contributed by atoms with Crippen molar-refractivity contribution in [3.8, 4) is 0 Å². The minimum Gasteiger partial charge on any atom is -0.330 e. The summed E-state index contributed by atoms with van der Waals surface area (Å²) in [4.78, 5) is 0. The molecule has 0 atom stereocenters. The van der Waals surface area contributed by atoms with Gasteiger partial charge in [0.1, 0.15) is 0 Å². The van der Waals surface area contributed by atoms with Crippen molar-refractivity contribution in [2.45, 2.75) is 388 Å². The van der Waals surface area contributed by atoms with E-state index in [9.17, 15) is 0 Å². The van der Waals surface area contributed by atoms with Crippen molar-refractivity contribution in [3.05, 3.63) is 48.6 Å². The molecule has 0 saturated carbocycles. The fraction of sp³-hybridized carbons (Fsp3) is 0.889. The highest BCUT2D eigenvalue weighted by Gasteiger charge is 2.42. The van der Waals surface area contributed by atoms with Crippen molar-refractivity contribution in [1.29, 1.82) is 0 Å². The molecule has 79 heavy (non-hydrogen) atoms. The predicted molar refractivity (Wildman–Crippen MR) is 344 cm³/mol. The number of allylic oxidation sites excluding steroid dienone is 4. The van der Waals surface area contributed by atoms with E-state index in [1.807, 2.05) is 0 Å². The molecule has 0 aliphatic heterocycles. The predicted octanol–water partition coefficient (Wildman–Crippen LogP) is 24.2. The smallest absolute Gasteiger partial charge is 0.274 e. The van der Waals surface area contributed by atoms with Crippen LogP contribution in [0.3, 0.4) is 0 Å². The lowest BCUT2D eigenvalue weighted by Gasteiger charge is -2.40. The molecule has 0 N–H and O–H groups in total. The zero-order chi connectivity index (χ0) is 57.5. The SMILES string of the molecule is CCCCCCCCCCC=CC(C=CCCCCCCCCCC)(OC(OCCCCC)OCCCCC)OC(C=CCCCCCCCCCC)(C=CCCCCCCCCCC)OC(OCCCCC)OCCCCC.